The van der Waals surface area contributed by atoms with Gasteiger partial charge in [-0.25, -0.2) is 4.98 Å². The van der Waals surface area contributed by atoms with Crippen LogP contribution in [0.3, 0.4) is 0 Å². The maximum absolute atomic E-state index is 13.1. The molecule has 152 valence electrons. The zero-order valence-electron chi connectivity index (χ0n) is 15.0. The largest absolute Gasteiger partial charge is 0.467 e. The van der Waals surface area contributed by atoms with Gasteiger partial charge in [-0.1, -0.05) is 30.9 Å². The molecule has 3 aromatic heterocycles. The molecule has 1 fully saturated rings. The third-order valence-corrected chi connectivity index (χ3v) is 4.91. The summed E-state index contributed by atoms with van der Waals surface area (Å²) in [7, 11) is 0. The maximum atomic E-state index is 13.1. The number of anilines is 1. The number of aromatic nitrogens is 3. The highest BCUT2D eigenvalue weighted by Gasteiger charge is 2.20. The number of nitrogens with zero attached hydrogens (tertiary/aromatic N) is 3. The zero-order valence-corrected chi connectivity index (χ0v) is 16.6. The lowest BCUT2D eigenvalue weighted by molar-refractivity contribution is 0.0752. The number of hydrogen-bond donors (Lipinski definition) is 2. The number of rotatable bonds is 4. The summed E-state index contributed by atoms with van der Waals surface area (Å²) in [5, 5.41) is 2.89. The maximum Gasteiger partial charge on any atom is 0.319 e. The Labute approximate surface area is 171 Å². The van der Waals surface area contributed by atoms with Crippen molar-refractivity contribution in [2.45, 2.75) is 51.2 Å². The lowest BCUT2D eigenvalue weighted by atomic mass is 9.97. The summed E-state index contributed by atoms with van der Waals surface area (Å²) in [5.74, 6) is 0.785. The Balaban J connectivity index is 0.000000271. The molecule has 10 heteroatoms. The summed E-state index contributed by atoms with van der Waals surface area (Å²) in [4.78, 5) is 7.83. The van der Waals surface area contributed by atoms with Crippen LogP contribution in [0.15, 0.2) is 29.0 Å². The van der Waals surface area contributed by atoms with Crippen molar-refractivity contribution in [3.8, 4) is 0 Å². The van der Waals surface area contributed by atoms with Crippen molar-refractivity contribution in [2.75, 3.05) is 5.32 Å². The molecule has 0 amide bonds. The Hall–Kier alpha value is -1.90. The van der Waals surface area contributed by atoms with Gasteiger partial charge >= 0.3 is 6.55 Å². The van der Waals surface area contributed by atoms with Crippen molar-refractivity contribution < 1.29 is 13.2 Å². The molecule has 0 saturated heterocycles. The number of furan rings is 1. The fourth-order valence-electron chi connectivity index (χ4n) is 3.08. The van der Waals surface area contributed by atoms with Crippen molar-refractivity contribution in [3.05, 3.63) is 40.7 Å². The molecule has 1 saturated carbocycles. The van der Waals surface area contributed by atoms with Crippen LogP contribution in [0.5, 0.6) is 0 Å². The van der Waals surface area contributed by atoms with E-state index in [9.17, 15) is 8.78 Å². The molecule has 1 aliphatic carbocycles. The number of hydrogen-bond acceptors (Lipinski definition) is 5. The Kier molecular flexibility index (Phi) is 7.09. The first-order valence-electron chi connectivity index (χ1n) is 8.99. The molecular weight excluding hydrogens is 411 g/mol. The van der Waals surface area contributed by atoms with Crippen LogP contribution in [0.1, 0.15) is 44.4 Å². The van der Waals surface area contributed by atoms with Crippen molar-refractivity contribution in [1.82, 2.24) is 14.5 Å². The molecule has 0 radical (unpaired) electrons. The van der Waals surface area contributed by atoms with Crippen LogP contribution in [-0.4, -0.2) is 20.6 Å². The molecule has 6 nitrogen and oxygen atoms in total. The van der Waals surface area contributed by atoms with E-state index in [4.69, 9.17) is 33.4 Å². The minimum atomic E-state index is -2.77. The van der Waals surface area contributed by atoms with Gasteiger partial charge in [-0.3, -0.25) is 4.57 Å². The van der Waals surface area contributed by atoms with Gasteiger partial charge in [-0.15, -0.1) is 0 Å². The Morgan fingerprint density at radius 2 is 2.00 bits per heavy atom. The fraction of sp³-hybridized carbons (Fsp3) is 0.444. The quantitative estimate of drug-likeness (QED) is 0.524. The summed E-state index contributed by atoms with van der Waals surface area (Å²) in [6.07, 6.45) is 9.27. The third-order valence-electron chi connectivity index (χ3n) is 4.46. The molecule has 0 aliphatic heterocycles. The van der Waals surface area contributed by atoms with E-state index in [1.807, 2.05) is 0 Å². The van der Waals surface area contributed by atoms with Gasteiger partial charge in [0.25, 0.3) is 0 Å². The Morgan fingerprint density at radius 3 is 2.57 bits per heavy atom. The zero-order chi connectivity index (χ0) is 20.1. The molecule has 3 aromatic rings. The minimum absolute atomic E-state index is 0.0793. The molecule has 0 spiro atoms. The van der Waals surface area contributed by atoms with Gasteiger partial charge in [0.2, 0.25) is 5.28 Å². The van der Waals surface area contributed by atoms with E-state index in [1.54, 1.807) is 12.1 Å². The molecule has 0 unspecified atom stereocenters. The van der Waals surface area contributed by atoms with Gasteiger partial charge in [0.1, 0.15) is 16.8 Å². The van der Waals surface area contributed by atoms with Crippen LogP contribution in [-0.2, 0) is 6.54 Å². The molecular formula is C18H21Cl2F2N5O. The number of nitrogens with two attached hydrogens (primary N) is 1. The first-order chi connectivity index (χ1) is 13.5. The number of fused-ring (bicyclic) bond motifs is 1. The lowest BCUT2D eigenvalue weighted by Gasteiger charge is -2.15. The van der Waals surface area contributed by atoms with E-state index in [2.05, 4.69) is 15.3 Å². The average molecular weight is 432 g/mol. The second kappa shape index (κ2) is 9.54. The van der Waals surface area contributed by atoms with Gasteiger partial charge in [-0.05, 0) is 36.6 Å². The van der Waals surface area contributed by atoms with Crippen LogP contribution in [0, 0.1) is 0 Å². The summed E-state index contributed by atoms with van der Waals surface area (Å²) < 4.78 is 32.0. The first-order valence-corrected chi connectivity index (χ1v) is 9.75. The Bertz CT molecular complexity index is 895. The number of nitrogens with one attached hydrogen (secondary N) is 1. The van der Waals surface area contributed by atoms with Crippen LogP contribution in [0.4, 0.5) is 14.6 Å². The van der Waals surface area contributed by atoms with E-state index in [-0.39, 0.29) is 33.7 Å². The fourth-order valence-corrected chi connectivity index (χ4v) is 3.49. The van der Waals surface area contributed by atoms with Gasteiger partial charge in [-0.2, -0.15) is 13.8 Å². The van der Waals surface area contributed by atoms with Crippen LogP contribution < -0.4 is 11.1 Å². The second-order valence-electron chi connectivity index (χ2n) is 6.53. The van der Waals surface area contributed by atoms with Crippen molar-refractivity contribution in [3.63, 3.8) is 0 Å². The molecule has 3 N–H and O–H groups in total. The number of alkyl halides is 2. The van der Waals surface area contributed by atoms with Gasteiger partial charge < -0.3 is 15.5 Å². The van der Waals surface area contributed by atoms with E-state index in [1.165, 1.54) is 38.4 Å². The summed E-state index contributed by atoms with van der Waals surface area (Å²) >= 11 is 11.7. The van der Waals surface area contributed by atoms with Gasteiger partial charge in [0, 0.05) is 12.2 Å². The van der Waals surface area contributed by atoms with Gasteiger partial charge in [0.05, 0.1) is 17.8 Å². The lowest BCUT2D eigenvalue weighted by Crippen LogP contribution is -2.22. The predicted octanol–water partition coefficient (Wildman–Crippen LogP) is 5.62. The highest BCUT2D eigenvalue weighted by molar-refractivity contribution is 6.36. The predicted molar refractivity (Wildman–Crippen MR) is 106 cm³/mol. The monoisotopic (exact) mass is 431 g/mol. The van der Waals surface area contributed by atoms with E-state index in [0.29, 0.717) is 16.4 Å². The first kappa shape index (κ1) is 20.8. The van der Waals surface area contributed by atoms with Crippen LogP contribution in [0.25, 0.3) is 11.0 Å². The molecule has 0 atom stereocenters. The molecule has 0 bridgehead atoms. The van der Waals surface area contributed by atoms with Crippen molar-refractivity contribution >= 4 is 40.1 Å². The number of halogens is 4. The highest BCUT2D eigenvalue weighted by Crippen LogP contribution is 2.33. The summed E-state index contributed by atoms with van der Waals surface area (Å²) in [6.45, 7) is -2.50. The SMILES string of the molecule is FC(F)n1cc(Cl)c2nc(Cl)nc(NCc3ccco3)c21.NC1CCCCC1. The van der Waals surface area contributed by atoms with Crippen LogP contribution in [0.2, 0.25) is 10.3 Å². The molecule has 3 heterocycles. The van der Waals surface area contributed by atoms with E-state index < -0.39 is 6.55 Å². The van der Waals surface area contributed by atoms with Crippen molar-refractivity contribution in [2.24, 2.45) is 5.73 Å². The van der Waals surface area contributed by atoms with Crippen molar-refractivity contribution in [1.29, 1.82) is 0 Å². The summed E-state index contributed by atoms with van der Waals surface area (Å²) in [5.41, 5.74) is 5.89. The van der Waals surface area contributed by atoms with Crippen LogP contribution >= 0.6 is 23.2 Å². The summed E-state index contributed by atoms with van der Waals surface area (Å²) in [6, 6.07) is 4.00. The Morgan fingerprint density at radius 1 is 1.25 bits per heavy atom. The average Bonchev–Trinajstić information content (AvgIpc) is 3.29. The topological polar surface area (TPSA) is 81.9 Å². The molecule has 4 rings (SSSR count). The standard InChI is InChI=1S/C12H8Cl2F2N4O.C6H13N/c13-7-5-20(12(15)16)9-8(7)18-11(14)19-10(9)17-4-6-2-1-3-21-6;7-6-4-2-1-3-5-6/h1-3,5,12H,4H2,(H,17,18,19);6H,1-5,7H2. The molecule has 28 heavy (non-hydrogen) atoms. The smallest absolute Gasteiger partial charge is 0.319 e. The molecule has 1 aliphatic rings. The van der Waals surface area contributed by atoms with Gasteiger partial charge in [0.15, 0.2) is 5.82 Å². The highest BCUT2D eigenvalue weighted by atomic mass is 35.5. The normalized spacial score (nSPS) is 14.9. The molecule has 0 aromatic carbocycles. The third kappa shape index (κ3) is 5.12. The minimum Gasteiger partial charge on any atom is -0.467 e. The van der Waals surface area contributed by atoms with E-state index in [0.717, 1.165) is 6.20 Å². The van der Waals surface area contributed by atoms with E-state index >= 15 is 0 Å². The second-order valence-corrected chi connectivity index (χ2v) is 7.28.